The standard InChI is InChI=1S/C12H10F3N3O2/c1-20-11(19)7-4-8(6-2-3-6)18-10(16-7)5-9(17-18)12(13,14)15/h4-6H,2-3H2,1H3. The average Bonchev–Trinajstić information content (AvgIpc) is 3.13. The minimum Gasteiger partial charge on any atom is -0.464 e. The molecule has 0 aromatic carbocycles. The Balaban J connectivity index is 2.20. The van der Waals surface area contributed by atoms with Gasteiger partial charge in [0, 0.05) is 17.7 Å². The number of methoxy groups -OCH3 is 1. The van der Waals surface area contributed by atoms with Crippen molar-refractivity contribution in [3.63, 3.8) is 0 Å². The molecule has 1 fully saturated rings. The van der Waals surface area contributed by atoms with Gasteiger partial charge in [0.1, 0.15) is 0 Å². The van der Waals surface area contributed by atoms with Crippen molar-refractivity contribution in [2.24, 2.45) is 0 Å². The first-order valence-electron chi connectivity index (χ1n) is 5.96. The molecular formula is C12H10F3N3O2. The first-order valence-corrected chi connectivity index (χ1v) is 5.96. The summed E-state index contributed by atoms with van der Waals surface area (Å²) in [7, 11) is 1.20. The summed E-state index contributed by atoms with van der Waals surface area (Å²) in [5.74, 6) is -0.561. The number of halogens is 3. The number of rotatable bonds is 2. The number of carbonyl (C=O) groups is 1. The number of alkyl halides is 3. The van der Waals surface area contributed by atoms with Gasteiger partial charge in [-0.15, -0.1) is 0 Å². The van der Waals surface area contributed by atoms with Crippen molar-refractivity contribution in [3.8, 4) is 0 Å². The average molecular weight is 285 g/mol. The molecule has 1 aliphatic carbocycles. The molecule has 0 saturated heterocycles. The molecule has 3 rings (SSSR count). The highest BCUT2D eigenvalue weighted by atomic mass is 19.4. The Kier molecular flexibility index (Phi) is 2.70. The molecule has 1 saturated carbocycles. The summed E-state index contributed by atoms with van der Waals surface area (Å²) in [6, 6.07) is 2.28. The van der Waals surface area contributed by atoms with Gasteiger partial charge in [0.05, 0.1) is 7.11 Å². The summed E-state index contributed by atoms with van der Waals surface area (Å²) in [6.45, 7) is 0. The Morgan fingerprint density at radius 3 is 2.65 bits per heavy atom. The van der Waals surface area contributed by atoms with Gasteiger partial charge in [0.25, 0.3) is 0 Å². The van der Waals surface area contributed by atoms with E-state index in [1.165, 1.54) is 13.2 Å². The molecule has 2 heterocycles. The second kappa shape index (κ2) is 4.19. The summed E-state index contributed by atoms with van der Waals surface area (Å²) < 4.78 is 43.8. The second-order valence-corrected chi connectivity index (χ2v) is 4.63. The van der Waals surface area contributed by atoms with E-state index in [4.69, 9.17) is 0 Å². The molecule has 0 amide bonds. The van der Waals surface area contributed by atoms with E-state index in [9.17, 15) is 18.0 Å². The number of hydrogen-bond donors (Lipinski definition) is 0. The normalized spacial score (nSPS) is 15.6. The molecule has 0 spiro atoms. The maximum absolute atomic E-state index is 12.7. The van der Waals surface area contributed by atoms with Gasteiger partial charge in [0.2, 0.25) is 0 Å². The summed E-state index contributed by atoms with van der Waals surface area (Å²) in [6.07, 6.45) is -2.82. The highest BCUT2D eigenvalue weighted by Gasteiger charge is 2.36. The first-order chi connectivity index (χ1) is 9.40. The third-order valence-electron chi connectivity index (χ3n) is 3.14. The fraction of sp³-hybridized carbons (Fsp3) is 0.417. The van der Waals surface area contributed by atoms with Crippen LogP contribution in [0.25, 0.3) is 5.65 Å². The lowest BCUT2D eigenvalue weighted by Crippen LogP contribution is -2.10. The van der Waals surface area contributed by atoms with E-state index in [1.807, 2.05) is 0 Å². The van der Waals surface area contributed by atoms with E-state index < -0.39 is 17.8 Å². The lowest BCUT2D eigenvalue weighted by Gasteiger charge is -2.05. The third-order valence-corrected chi connectivity index (χ3v) is 3.14. The molecule has 2 aromatic rings. The van der Waals surface area contributed by atoms with E-state index in [0.29, 0.717) is 5.69 Å². The van der Waals surface area contributed by atoms with E-state index >= 15 is 0 Å². The zero-order valence-electron chi connectivity index (χ0n) is 10.4. The SMILES string of the molecule is COC(=O)c1cc(C2CC2)n2nc(C(F)(F)F)cc2n1. The number of esters is 1. The van der Waals surface area contributed by atoms with Gasteiger partial charge >= 0.3 is 12.1 Å². The minimum atomic E-state index is -4.54. The Morgan fingerprint density at radius 2 is 2.10 bits per heavy atom. The number of aromatic nitrogens is 3. The number of hydrogen-bond acceptors (Lipinski definition) is 4. The first kappa shape index (κ1) is 12.9. The summed E-state index contributed by atoms with van der Waals surface area (Å²) in [5.41, 5.74) is -0.461. The monoisotopic (exact) mass is 285 g/mol. The van der Waals surface area contributed by atoms with Crippen LogP contribution in [0.1, 0.15) is 40.6 Å². The van der Waals surface area contributed by atoms with E-state index in [2.05, 4.69) is 14.8 Å². The van der Waals surface area contributed by atoms with Crippen LogP contribution in [0.15, 0.2) is 12.1 Å². The fourth-order valence-electron chi connectivity index (χ4n) is 2.02. The van der Waals surface area contributed by atoms with E-state index in [1.54, 1.807) is 0 Å². The highest BCUT2D eigenvalue weighted by molar-refractivity contribution is 5.87. The molecular weight excluding hydrogens is 275 g/mol. The van der Waals surface area contributed by atoms with Crippen LogP contribution in [-0.2, 0) is 10.9 Å². The second-order valence-electron chi connectivity index (χ2n) is 4.63. The quantitative estimate of drug-likeness (QED) is 0.795. The van der Waals surface area contributed by atoms with E-state index in [-0.39, 0.29) is 17.3 Å². The number of fused-ring (bicyclic) bond motifs is 1. The van der Waals surface area contributed by atoms with E-state index in [0.717, 1.165) is 23.4 Å². The maximum Gasteiger partial charge on any atom is 0.435 e. The summed E-state index contributed by atoms with van der Waals surface area (Å²) in [5, 5.41) is 3.55. The minimum absolute atomic E-state index is 0.00197. The van der Waals surface area contributed by atoms with Crippen LogP contribution in [0.5, 0.6) is 0 Å². The number of ether oxygens (including phenoxy) is 1. The predicted molar refractivity (Wildman–Crippen MR) is 61.3 cm³/mol. The van der Waals surface area contributed by atoms with Gasteiger partial charge in [0.15, 0.2) is 17.0 Å². The molecule has 0 aliphatic heterocycles. The Morgan fingerprint density at radius 1 is 1.40 bits per heavy atom. The molecule has 8 heteroatoms. The molecule has 106 valence electrons. The van der Waals surface area contributed by atoms with Crippen LogP contribution < -0.4 is 0 Å². The largest absolute Gasteiger partial charge is 0.464 e. The molecule has 20 heavy (non-hydrogen) atoms. The van der Waals surface area contributed by atoms with Gasteiger partial charge in [-0.3, -0.25) is 0 Å². The van der Waals surface area contributed by atoms with Gasteiger partial charge < -0.3 is 4.74 Å². The van der Waals surface area contributed by atoms with Crippen molar-refractivity contribution in [2.45, 2.75) is 24.9 Å². The Labute approximate surface area is 111 Å². The lowest BCUT2D eigenvalue weighted by molar-refractivity contribution is -0.141. The number of carbonyl (C=O) groups excluding carboxylic acids is 1. The molecule has 0 bridgehead atoms. The van der Waals surface area contributed by atoms with Gasteiger partial charge in [-0.25, -0.2) is 14.3 Å². The Bertz CT molecular complexity index is 689. The van der Waals surface area contributed by atoms with Crippen LogP contribution in [-0.4, -0.2) is 27.7 Å². The van der Waals surface area contributed by atoms with Crippen LogP contribution in [0.2, 0.25) is 0 Å². The highest BCUT2D eigenvalue weighted by Crippen LogP contribution is 2.40. The predicted octanol–water partition coefficient (Wildman–Crippen LogP) is 2.41. The van der Waals surface area contributed by atoms with Crippen molar-refractivity contribution in [1.82, 2.24) is 14.6 Å². The van der Waals surface area contributed by atoms with Crippen molar-refractivity contribution >= 4 is 11.6 Å². The van der Waals surface area contributed by atoms with Crippen molar-refractivity contribution in [3.05, 3.63) is 29.2 Å². The van der Waals surface area contributed by atoms with Crippen LogP contribution in [0, 0.1) is 0 Å². The Hall–Kier alpha value is -2.12. The molecule has 5 nitrogen and oxygen atoms in total. The molecule has 0 atom stereocenters. The zero-order chi connectivity index (χ0) is 14.5. The van der Waals surface area contributed by atoms with Crippen molar-refractivity contribution in [1.29, 1.82) is 0 Å². The van der Waals surface area contributed by atoms with Gasteiger partial charge in [-0.1, -0.05) is 0 Å². The molecule has 2 aromatic heterocycles. The van der Waals surface area contributed by atoms with Crippen LogP contribution in [0.3, 0.4) is 0 Å². The summed E-state index contributed by atoms with van der Waals surface area (Å²) in [4.78, 5) is 15.4. The summed E-state index contributed by atoms with van der Waals surface area (Å²) >= 11 is 0. The fourth-order valence-corrected chi connectivity index (χ4v) is 2.02. The molecule has 0 unspecified atom stereocenters. The van der Waals surface area contributed by atoms with Crippen LogP contribution in [0.4, 0.5) is 13.2 Å². The van der Waals surface area contributed by atoms with Crippen molar-refractivity contribution in [2.75, 3.05) is 7.11 Å². The van der Waals surface area contributed by atoms with Crippen molar-refractivity contribution < 1.29 is 22.7 Å². The topological polar surface area (TPSA) is 56.5 Å². The van der Waals surface area contributed by atoms with Crippen LogP contribution >= 0.6 is 0 Å². The van der Waals surface area contributed by atoms with Gasteiger partial charge in [-0.05, 0) is 18.9 Å². The maximum atomic E-state index is 12.7. The van der Waals surface area contributed by atoms with Gasteiger partial charge in [-0.2, -0.15) is 18.3 Å². The smallest absolute Gasteiger partial charge is 0.435 e. The zero-order valence-corrected chi connectivity index (χ0v) is 10.4. The third kappa shape index (κ3) is 2.10. The molecule has 1 aliphatic rings. The molecule has 0 radical (unpaired) electrons. The molecule has 0 N–H and O–H groups in total. The number of nitrogens with zero attached hydrogens (tertiary/aromatic N) is 3. The lowest BCUT2D eigenvalue weighted by atomic mass is 10.2.